The number of aromatic nitrogens is 2. The van der Waals surface area contributed by atoms with Crippen LogP contribution in [0.2, 0.25) is 5.02 Å². The lowest BCUT2D eigenvalue weighted by Gasteiger charge is -2.33. The van der Waals surface area contributed by atoms with Crippen LogP contribution >= 0.6 is 22.9 Å². The number of thiophene rings is 1. The first-order valence-electron chi connectivity index (χ1n) is 10.8. The topological polar surface area (TPSA) is 88.1 Å². The Hall–Kier alpha value is -3.06. The normalized spacial score (nSPS) is 19.8. The van der Waals surface area contributed by atoms with E-state index < -0.39 is 11.6 Å². The summed E-state index contributed by atoms with van der Waals surface area (Å²) in [6, 6.07) is 6.32. The Kier molecular flexibility index (Phi) is 4.88. The minimum absolute atomic E-state index is 0.0552. The average Bonchev–Trinajstić information content (AvgIpc) is 3.33. The molecule has 2 N–H and O–H groups in total. The fourth-order valence-corrected chi connectivity index (χ4v) is 6.32. The van der Waals surface area contributed by atoms with E-state index in [0.717, 1.165) is 24.2 Å². The number of hydrogen-bond acceptors (Lipinski definition) is 7. The summed E-state index contributed by atoms with van der Waals surface area (Å²) in [5, 5.41) is 10.7. The summed E-state index contributed by atoms with van der Waals surface area (Å²) >= 11 is 7.62. The number of fused-ring (bicyclic) bond motifs is 4. The molecule has 0 spiro atoms. The first-order valence-corrected chi connectivity index (χ1v) is 12.0. The van der Waals surface area contributed by atoms with Crippen molar-refractivity contribution in [1.29, 1.82) is 5.26 Å². The molecule has 10 heteroatoms. The third-order valence-electron chi connectivity index (χ3n) is 6.52. The summed E-state index contributed by atoms with van der Waals surface area (Å²) in [5.74, 6) is -0.129. The molecular formula is C24H18ClF2N5OS. The van der Waals surface area contributed by atoms with Gasteiger partial charge in [-0.15, -0.1) is 11.3 Å². The Bertz CT molecular complexity index is 1540. The number of nitriles is 1. The molecule has 2 unspecified atom stereocenters. The molecule has 4 heterocycles. The van der Waals surface area contributed by atoms with Gasteiger partial charge in [-0.05, 0) is 37.5 Å². The molecule has 6 nitrogen and oxygen atoms in total. The molecule has 4 aromatic rings. The number of morpholine rings is 1. The van der Waals surface area contributed by atoms with Crippen LogP contribution in [0.4, 0.5) is 19.6 Å². The second kappa shape index (κ2) is 7.73. The average molecular weight is 498 g/mol. The number of nitrogens with two attached hydrogens (primary N) is 1. The summed E-state index contributed by atoms with van der Waals surface area (Å²) in [5.41, 5.74) is 6.55. The zero-order valence-corrected chi connectivity index (χ0v) is 19.6. The van der Waals surface area contributed by atoms with E-state index in [-0.39, 0.29) is 49.0 Å². The van der Waals surface area contributed by atoms with Crippen LogP contribution in [-0.4, -0.2) is 35.3 Å². The SMILES string of the molecule is Cc1nc(N2CC3CCC(C2)O3)c2cc(Cl)c(-c3ccc(F)c4sc(N)c(C#N)c34)c(F)c2n1. The maximum atomic E-state index is 16.2. The monoisotopic (exact) mass is 497 g/mol. The summed E-state index contributed by atoms with van der Waals surface area (Å²) in [6.07, 6.45) is 2.25. The highest BCUT2D eigenvalue weighted by atomic mass is 35.5. The molecule has 0 amide bonds. The van der Waals surface area contributed by atoms with Crippen molar-refractivity contribution in [3.8, 4) is 17.2 Å². The molecule has 6 rings (SSSR count). The summed E-state index contributed by atoms with van der Waals surface area (Å²) in [6.45, 7) is 3.05. The summed E-state index contributed by atoms with van der Waals surface area (Å²) in [7, 11) is 0. The molecular weight excluding hydrogens is 480 g/mol. The van der Waals surface area contributed by atoms with E-state index in [9.17, 15) is 9.65 Å². The van der Waals surface area contributed by atoms with Crippen LogP contribution in [0.15, 0.2) is 18.2 Å². The van der Waals surface area contributed by atoms with E-state index in [4.69, 9.17) is 22.1 Å². The number of anilines is 2. The standard InChI is InChI=1S/C24H18ClF2N5OS/c1-10-30-21-14(24(31-10)32-8-11-2-3-12(9-32)33-11)6-16(25)19(20(21)27)13-4-5-17(26)22-18(13)15(7-28)23(29)34-22/h4-6,11-12H,2-3,8-9,29H2,1H3. The van der Waals surface area contributed by atoms with Crippen molar-refractivity contribution >= 4 is 54.7 Å². The molecule has 172 valence electrons. The van der Waals surface area contributed by atoms with Crippen molar-refractivity contribution in [3.63, 3.8) is 0 Å². The van der Waals surface area contributed by atoms with Crippen LogP contribution in [0, 0.1) is 29.9 Å². The molecule has 2 saturated heterocycles. The fourth-order valence-electron chi connectivity index (χ4n) is 5.07. The molecule has 0 radical (unpaired) electrons. The van der Waals surface area contributed by atoms with E-state index >= 15 is 4.39 Å². The molecule has 2 aromatic carbocycles. The molecule has 2 aliphatic rings. The van der Waals surface area contributed by atoms with Gasteiger partial charge in [0.1, 0.15) is 34.0 Å². The van der Waals surface area contributed by atoms with Crippen molar-refractivity contribution in [2.75, 3.05) is 23.7 Å². The zero-order chi connectivity index (χ0) is 23.7. The number of aryl methyl sites for hydroxylation is 1. The van der Waals surface area contributed by atoms with Gasteiger partial charge in [-0.3, -0.25) is 0 Å². The minimum atomic E-state index is -0.646. The van der Waals surface area contributed by atoms with E-state index in [2.05, 4.69) is 14.9 Å². The van der Waals surface area contributed by atoms with Crippen LogP contribution in [0.5, 0.6) is 0 Å². The van der Waals surface area contributed by atoms with Crippen molar-refractivity contribution in [3.05, 3.63) is 46.2 Å². The van der Waals surface area contributed by atoms with Gasteiger partial charge in [0.25, 0.3) is 0 Å². The molecule has 2 atom stereocenters. The van der Waals surface area contributed by atoms with Crippen molar-refractivity contribution in [2.24, 2.45) is 0 Å². The number of halogens is 3. The minimum Gasteiger partial charge on any atom is -0.389 e. The number of ether oxygens (including phenoxy) is 1. The van der Waals surface area contributed by atoms with Crippen LogP contribution in [0.3, 0.4) is 0 Å². The van der Waals surface area contributed by atoms with E-state index in [1.165, 1.54) is 12.1 Å². The van der Waals surface area contributed by atoms with E-state index in [1.54, 1.807) is 13.0 Å². The van der Waals surface area contributed by atoms with Crippen molar-refractivity contribution in [1.82, 2.24) is 9.97 Å². The van der Waals surface area contributed by atoms with Gasteiger partial charge in [-0.25, -0.2) is 18.7 Å². The van der Waals surface area contributed by atoms with Gasteiger partial charge in [0.2, 0.25) is 0 Å². The van der Waals surface area contributed by atoms with Crippen LogP contribution in [0.1, 0.15) is 24.2 Å². The summed E-state index contributed by atoms with van der Waals surface area (Å²) < 4.78 is 36.8. The molecule has 2 aliphatic heterocycles. The number of hydrogen-bond donors (Lipinski definition) is 1. The van der Waals surface area contributed by atoms with Gasteiger partial charge in [-0.1, -0.05) is 17.7 Å². The largest absolute Gasteiger partial charge is 0.389 e. The van der Waals surface area contributed by atoms with Gasteiger partial charge in [0.15, 0.2) is 5.82 Å². The van der Waals surface area contributed by atoms with Crippen molar-refractivity contribution in [2.45, 2.75) is 32.0 Å². The van der Waals surface area contributed by atoms with E-state index in [0.29, 0.717) is 35.7 Å². The Morgan fingerprint density at radius 2 is 1.97 bits per heavy atom. The predicted octanol–water partition coefficient (Wildman–Crippen LogP) is 5.57. The van der Waals surface area contributed by atoms with Crippen LogP contribution in [-0.2, 0) is 4.74 Å². The first kappa shape index (κ1) is 21.5. The molecule has 34 heavy (non-hydrogen) atoms. The third-order valence-corrected chi connectivity index (χ3v) is 7.84. The predicted molar refractivity (Wildman–Crippen MR) is 129 cm³/mol. The smallest absolute Gasteiger partial charge is 0.158 e. The van der Waals surface area contributed by atoms with Gasteiger partial charge in [0, 0.05) is 29.4 Å². The highest BCUT2D eigenvalue weighted by Gasteiger charge is 2.35. The van der Waals surface area contributed by atoms with Gasteiger partial charge >= 0.3 is 0 Å². The maximum absolute atomic E-state index is 16.2. The highest BCUT2D eigenvalue weighted by Crippen LogP contribution is 2.45. The van der Waals surface area contributed by atoms with Crippen LogP contribution < -0.4 is 10.6 Å². The maximum Gasteiger partial charge on any atom is 0.158 e. The Morgan fingerprint density at radius 1 is 1.24 bits per heavy atom. The highest BCUT2D eigenvalue weighted by molar-refractivity contribution is 7.23. The lowest BCUT2D eigenvalue weighted by Crippen LogP contribution is -2.43. The second-order valence-electron chi connectivity index (χ2n) is 8.65. The van der Waals surface area contributed by atoms with Crippen LogP contribution in [0.25, 0.3) is 32.1 Å². The first-order chi connectivity index (χ1) is 16.4. The number of benzene rings is 2. The Balaban J connectivity index is 1.61. The molecule has 2 fully saturated rings. The number of rotatable bonds is 2. The second-order valence-corrected chi connectivity index (χ2v) is 10.1. The number of nitrogens with zero attached hydrogens (tertiary/aromatic N) is 4. The number of nitrogen functional groups attached to an aromatic ring is 1. The van der Waals surface area contributed by atoms with Gasteiger partial charge < -0.3 is 15.4 Å². The van der Waals surface area contributed by atoms with Gasteiger partial charge in [0.05, 0.1) is 27.5 Å². The lowest BCUT2D eigenvalue weighted by molar-refractivity contribution is 0.0303. The fraction of sp³-hybridized carbons (Fsp3) is 0.292. The zero-order valence-electron chi connectivity index (χ0n) is 18.0. The third kappa shape index (κ3) is 3.13. The van der Waals surface area contributed by atoms with Crippen molar-refractivity contribution < 1.29 is 13.5 Å². The lowest BCUT2D eigenvalue weighted by atomic mass is 9.97. The molecule has 0 saturated carbocycles. The quantitative estimate of drug-likeness (QED) is 0.389. The van der Waals surface area contributed by atoms with Gasteiger partial charge in [-0.2, -0.15) is 5.26 Å². The molecule has 0 aliphatic carbocycles. The molecule has 2 bridgehead atoms. The summed E-state index contributed by atoms with van der Waals surface area (Å²) in [4.78, 5) is 11.1. The Morgan fingerprint density at radius 3 is 2.68 bits per heavy atom. The van der Waals surface area contributed by atoms with E-state index in [1.807, 2.05) is 6.07 Å². The molecule has 2 aromatic heterocycles. The Labute approximate surface area is 202 Å².